The number of hydrogen-bond acceptors (Lipinski definition) is 4. The molecule has 0 saturated heterocycles. The fourth-order valence-electron chi connectivity index (χ4n) is 1.64. The Labute approximate surface area is 109 Å². The molecule has 1 atom stereocenters. The Morgan fingerprint density at radius 2 is 2.06 bits per heavy atom. The average Bonchev–Trinajstić information content (AvgIpc) is 2.90. The average molecular weight is 262 g/mol. The Hall–Kier alpha value is -1.72. The van der Waals surface area contributed by atoms with Crippen molar-refractivity contribution in [2.24, 2.45) is 0 Å². The predicted molar refractivity (Wildman–Crippen MR) is 72.7 cm³/mol. The molecule has 1 aromatic carbocycles. The maximum atomic E-state index is 10.5. The van der Waals surface area contributed by atoms with Gasteiger partial charge in [-0.3, -0.25) is 10.1 Å². The number of non-ortho nitro benzene ring substituents is 1. The van der Waals surface area contributed by atoms with Gasteiger partial charge in [-0.15, -0.1) is 11.3 Å². The molecule has 0 saturated carbocycles. The van der Waals surface area contributed by atoms with Gasteiger partial charge in [-0.05, 0) is 23.9 Å². The summed E-state index contributed by atoms with van der Waals surface area (Å²) in [6.45, 7) is 2.81. The quantitative estimate of drug-likeness (QED) is 0.662. The van der Waals surface area contributed by atoms with E-state index >= 15 is 0 Å². The summed E-state index contributed by atoms with van der Waals surface area (Å²) in [6.07, 6.45) is 0. The van der Waals surface area contributed by atoms with Crippen molar-refractivity contribution in [2.45, 2.75) is 19.5 Å². The molecule has 2 aromatic rings. The SMILES string of the molecule is C[C@H](NCc1ccc([N+](=O)[O-])cc1)c1cccs1. The van der Waals surface area contributed by atoms with E-state index in [0.717, 1.165) is 5.56 Å². The summed E-state index contributed by atoms with van der Waals surface area (Å²) in [5.41, 5.74) is 1.18. The van der Waals surface area contributed by atoms with Gasteiger partial charge in [-0.1, -0.05) is 18.2 Å². The molecular weight excluding hydrogens is 248 g/mol. The Morgan fingerprint density at radius 3 is 2.61 bits per heavy atom. The van der Waals surface area contributed by atoms with E-state index < -0.39 is 0 Å². The van der Waals surface area contributed by atoms with Crippen molar-refractivity contribution in [1.29, 1.82) is 0 Å². The fourth-order valence-corrected chi connectivity index (χ4v) is 2.40. The lowest BCUT2D eigenvalue weighted by Crippen LogP contribution is -2.17. The van der Waals surface area contributed by atoms with Crippen LogP contribution >= 0.6 is 11.3 Å². The highest BCUT2D eigenvalue weighted by Gasteiger charge is 2.07. The molecule has 0 spiro atoms. The molecule has 4 nitrogen and oxygen atoms in total. The van der Waals surface area contributed by atoms with Crippen LogP contribution in [0.1, 0.15) is 23.4 Å². The topological polar surface area (TPSA) is 55.2 Å². The van der Waals surface area contributed by atoms with Crippen LogP contribution in [0.5, 0.6) is 0 Å². The molecule has 0 aliphatic rings. The van der Waals surface area contributed by atoms with E-state index in [1.54, 1.807) is 23.5 Å². The van der Waals surface area contributed by atoms with E-state index in [1.165, 1.54) is 17.0 Å². The van der Waals surface area contributed by atoms with Crippen LogP contribution in [0.4, 0.5) is 5.69 Å². The van der Waals surface area contributed by atoms with E-state index in [9.17, 15) is 10.1 Å². The van der Waals surface area contributed by atoms with E-state index in [-0.39, 0.29) is 10.6 Å². The second-order valence-electron chi connectivity index (χ2n) is 4.04. The molecule has 5 heteroatoms. The zero-order chi connectivity index (χ0) is 13.0. The van der Waals surface area contributed by atoms with Gasteiger partial charge in [0.15, 0.2) is 0 Å². The van der Waals surface area contributed by atoms with Crippen LogP contribution in [-0.4, -0.2) is 4.92 Å². The summed E-state index contributed by atoms with van der Waals surface area (Å²) in [6, 6.07) is 11.1. The van der Waals surface area contributed by atoms with Crippen molar-refractivity contribution in [3.8, 4) is 0 Å². The fraction of sp³-hybridized carbons (Fsp3) is 0.231. The summed E-state index contributed by atoms with van der Waals surface area (Å²) in [7, 11) is 0. The highest BCUT2D eigenvalue weighted by molar-refractivity contribution is 7.10. The third kappa shape index (κ3) is 3.15. The second-order valence-corrected chi connectivity index (χ2v) is 5.02. The molecule has 0 unspecified atom stereocenters. The molecular formula is C13H14N2O2S. The van der Waals surface area contributed by atoms with Crippen molar-refractivity contribution < 1.29 is 4.92 Å². The van der Waals surface area contributed by atoms with Gasteiger partial charge >= 0.3 is 0 Å². The van der Waals surface area contributed by atoms with Gasteiger partial charge < -0.3 is 5.32 Å². The zero-order valence-corrected chi connectivity index (χ0v) is 10.8. The van der Waals surface area contributed by atoms with E-state index in [4.69, 9.17) is 0 Å². The first-order valence-corrected chi connectivity index (χ1v) is 6.55. The third-order valence-electron chi connectivity index (χ3n) is 2.73. The lowest BCUT2D eigenvalue weighted by molar-refractivity contribution is -0.384. The van der Waals surface area contributed by atoms with E-state index in [2.05, 4.69) is 23.7 Å². The van der Waals surface area contributed by atoms with Crippen molar-refractivity contribution in [1.82, 2.24) is 5.32 Å². The van der Waals surface area contributed by atoms with Gasteiger partial charge in [-0.2, -0.15) is 0 Å². The molecule has 0 aliphatic carbocycles. The van der Waals surface area contributed by atoms with Crippen LogP contribution in [0.3, 0.4) is 0 Å². The van der Waals surface area contributed by atoms with E-state index in [0.29, 0.717) is 12.6 Å². The molecule has 0 aliphatic heterocycles. The lowest BCUT2D eigenvalue weighted by Gasteiger charge is -2.11. The number of nitrogens with one attached hydrogen (secondary N) is 1. The van der Waals surface area contributed by atoms with Gasteiger partial charge in [0, 0.05) is 29.6 Å². The van der Waals surface area contributed by atoms with Crippen LogP contribution < -0.4 is 5.32 Å². The van der Waals surface area contributed by atoms with Crippen LogP contribution in [0.15, 0.2) is 41.8 Å². The molecule has 0 amide bonds. The first kappa shape index (κ1) is 12.7. The number of hydrogen-bond donors (Lipinski definition) is 1. The molecule has 1 heterocycles. The number of thiophene rings is 1. The molecule has 94 valence electrons. The number of nitro benzene ring substituents is 1. The number of benzene rings is 1. The van der Waals surface area contributed by atoms with Gasteiger partial charge in [0.25, 0.3) is 5.69 Å². The van der Waals surface area contributed by atoms with Crippen LogP contribution in [0, 0.1) is 10.1 Å². The van der Waals surface area contributed by atoms with Crippen LogP contribution in [0.25, 0.3) is 0 Å². The molecule has 0 fully saturated rings. The number of nitro groups is 1. The van der Waals surface area contributed by atoms with Crippen molar-refractivity contribution in [2.75, 3.05) is 0 Å². The highest BCUT2D eigenvalue weighted by Crippen LogP contribution is 2.19. The maximum absolute atomic E-state index is 10.5. The molecule has 0 radical (unpaired) electrons. The Balaban J connectivity index is 1.92. The minimum Gasteiger partial charge on any atom is -0.305 e. The summed E-state index contributed by atoms with van der Waals surface area (Å²) < 4.78 is 0. The first-order chi connectivity index (χ1) is 8.66. The van der Waals surface area contributed by atoms with Gasteiger partial charge in [0.2, 0.25) is 0 Å². The number of nitrogens with zero attached hydrogens (tertiary/aromatic N) is 1. The summed E-state index contributed by atoms with van der Waals surface area (Å²) in [5.74, 6) is 0. The molecule has 0 bridgehead atoms. The smallest absolute Gasteiger partial charge is 0.269 e. The van der Waals surface area contributed by atoms with Crippen LogP contribution in [-0.2, 0) is 6.54 Å². The molecule has 1 N–H and O–H groups in total. The Morgan fingerprint density at radius 1 is 1.33 bits per heavy atom. The molecule has 18 heavy (non-hydrogen) atoms. The molecule has 1 aromatic heterocycles. The Bertz CT molecular complexity index is 508. The maximum Gasteiger partial charge on any atom is 0.269 e. The molecule has 2 rings (SSSR count). The summed E-state index contributed by atoms with van der Waals surface area (Å²) in [4.78, 5) is 11.4. The van der Waals surface area contributed by atoms with Gasteiger partial charge in [0.1, 0.15) is 0 Å². The highest BCUT2D eigenvalue weighted by atomic mass is 32.1. The normalized spacial score (nSPS) is 12.3. The second kappa shape index (κ2) is 5.75. The zero-order valence-electron chi connectivity index (χ0n) is 10.00. The lowest BCUT2D eigenvalue weighted by atomic mass is 10.2. The monoisotopic (exact) mass is 262 g/mol. The minimum atomic E-state index is -0.383. The number of rotatable bonds is 5. The van der Waals surface area contributed by atoms with Gasteiger partial charge in [-0.25, -0.2) is 0 Å². The standard InChI is InChI=1S/C13H14N2O2S/c1-10(13-3-2-8-18-13)14-9-11-4-6-12(7-5-11)15(16)17/h2-8,10,14H,9H2,1H3/t10-/m0/s1. The van der Waals surface area contributed by atoms with Crippen molar-refractivity contribution in [3.05, 3.63) is 62.3 Å². The van der Waals surface area contributed by atoms with E-state index in [1.807, 2.05) is 6.07 Å². The summed E-state index contributed by atoms with van der Waals surface area (Å²) >= 11 is 1.72. The van der Waals surface area contributed by atoms with Crippen molar-refractivity contribution in [3.63, 3.8) is 0 Å². The Kier molecular flexibility index (Phi) is 4.07. The first-order valence-electron chi connectivity index (χ1n) is 5.67. The van der Waals surface area contributed by atoms with Crippen molar-refractivity contribution >= 4 is 17.0 Å². The third-order valence-corrected chi connectivity index (χ3v) is 3.78. The largest absolute Gasteiger partial charge is 0.305 e. The summed E-state index contributed by atoms with van der Waals surface area (Å²) in [5, 5.41) is 16.0. The predicted octanol–water partition coefficient (Wildman–Crippen LogP) is 3.51. The van der Waals surface area contributed by atoms with Gasteiger partial charge in [0.05, 0.1) is 4.92 Å². The van der Waals surface area contributed by atoms with Crippen LogP contribution in [0.2, 0.25) is 0 Å². The minimum absolute atomic E-state index is 0.130.